The summed E-state index contributed by atoms with van der Waals surface area (Å²) in [6.07, 6.45) is 5.54. The van der Waals surface area contributed by atoms with Crippen LogP contribution in [0.25, 0.3) is 11.4 Å². The van der Waals surface area contributed by atoms with E-state index in [2.05, 4.69) is 10.2 Å². The van der Waals surface area contributed by atoms with Crippen LogP contribution in [0.15, 0.2) is 119 Å². The number of ether oxygens (including phenoxy) is 1. The Labute approximate surface area is 256 Å². The molecule has 0 bridgehead atoms. The number of para-hydroxylation sites is 2. The first-order chi connectivity index (χ1) is 21.7. The van der Waals surface area contributed by atoms with Crippen molar-refractivity contribution in [1.82, 2.24) is 19.6 Å². The van der Waals surface area contributed by atoms with E-state index in [1.54, 1.807) is 12.2 Å². The second kappa shape index (κ2) is 12.0. The molecule has 0 radical (unpaired) electrons. The van der Waals surface area contributed by atoms with Crippen LogP contribution in [0.3, 0.4) is 0 Å². The number of carbonyl (C=O) groups excluding carboxylic acids is 1. The number of hydrogen-bond acceptors (Lipinski definition) is 6. The Kier molecular flexibility index (Phi) is 7.74. The molecule has 2 heterocycles. The summed E-state index contributed by atoms with van der Waals surface area (Å²) in [4.78, 5) is 51.4. The second-order valence-electron chi connectivity index (χ2n) is 10.8. The predicted octanol–water partition coefficient (Wildman–Crippen LogP) is 5.62. The van der Waals surface area contributed by atoms with Crippen molar-refractivity contribution < 1.29 is 14.5 Å². The van der Waals surface area contributed by atoms with Crippen LogP contribution in [-0.2, 0) is 4.74 Å². The lowest BCUT2D eigenvalue weighted by Crippen LogP contribution is -2.28. The Hall–Kier alpha value is -5.97. The van der Waals surface area contributed by atoms with Gasteiger partial charge in [0.15, 0.2) is 0 Å². The fraction of sp³-hybridized carbons (Fsp3) is 0.147. The van der Waals surface area contributed by atoms with Crippen molar-refractivity contribution in [2.24, 2.45) is 5.92 Å². The first-order valence-corrected chi connectivity index (χ1v) is 14.3. The van der Waals surface area contributed by atoms with Gasteiger partial charge in [0, 0.05) is 40.6 Å². The number of aromatic nitrogens is 4. The molecule has 3 aromatic carbocycles. The molecule has 5 aromatic rings. The fourth-order valence-electron chi connectivity index (χ4n) is 5.79. The van der Waals surface area contributed by atoms with Crippen LogP contribution in [0.5, 0.6) is 0 Å². The molecule has 2 aromatic heterocycles. The minimum Gasteiger partial charge on any atom is -0.423 e. The van der Waals surface area contributed by atoms with Crippen molar-refractivity contribution in [3.05, 3.63) is 168 Å². The Morgan fingerprint density at radius 1 is 0.867 bits per heavy atom. The molecule has 0 saturated heterocycles. The first kappa shape index (κ1) is 29.1. The number of nitrogens with one attached hydrogen (secondary N) is 2. The van der Waals surface area contributed by atoms with Gasteiger partial charge < -0.3 is 4.74 Å². The maximum absolute atomic E-state index is 14.0. The van der Waals surface area contributed by atoms with Crippen molar-refractivity contribution in [1.29, 1.82) is 0 Å². The Morgan fingerprint density at radius 3 is 1.91 bits per heavy atom. The van der Waals surface area contributed by atoms with Crippen LogP contribution in [0.2, 0.25) is 0 Å². The molecular formula is C34H29N5O6. The van der Waals surface area contributed by atoms with E-state index in [-0.39, 0.29) is 34.0 Å². The van der Waals surface area contributed by atoms with Crippen LogP contribution in [0.1, 0.15) is 45.2 Å². The van der Waals surface area contributed by atoms with Crippen molar-refractivity contribution in [3.63, 3.8) is 0 Å². The summed E-state index contributed by atoms with van der Waals surface area (Å²) in [6.45, 7) is 3.63. The van der Waals surface area contributed by atoms with Gasteiger partial charge in [-0.2, -0.15) is 0 Å². The Balaban J connectivity index is 1.38. The minimum absolute atomic E-state index is 0.0484. The van der Waals surface area contributed by atoms with Crippen LogP contribution in [-0.4, -0.2) is 30.5 Å². The molecule has 11 nitrogen and oxygen atoms in total. The third-order valence-corrected chi connectivity index (χ3v) is 7.92. The number of carbonyl (C=O) groups is 1. The number of H-pyrrole nitrogens is 2. The first-order valence-electron chi connectivity index (χ1n) is 14.3. The number of allylic oxidation sites excluding steroid dienone is 3. The van der Waals surface area contributed by atoms with Gasteiger partial charge in [-0.05, 0) is 68.7 Å². The number of rotatable bonds is 8. The molecule has 1 aliphatic rings. The number of nitro groups is 1. The molecule has 6 rings (SSSR count). The van der Waals surface area contributed by atoms with Crippen molar-refractivity contribution in [3.8, 4) is 11.4 Å². The lowest BCUT2D eigenvalue weighted by molar-refractivity contribution is -0.384. The molecule has 1 atom stereocenters. The summed E-state index contributed by atoms with van der Waals surface area (Å²) < 4.78 is 8.49. The highest BCUT2D eigenvalue weighted by Crippen LogP contribution is 2.37. The van der Waals surface area contributed by atoms with E-state index in [1.807, 2.05) is 80.6 Å². The van der Waals surface area contributed by atoms with E-state index >= 15 is 0 Å². The zero-order chi connectivity index (χ0) is 31.7. The number of nitro benzene ring substituents is 1. The SMILES string of the molecule is Cc1[nH]n(-c2ccccc2)c(=O)c1C(c1c(C)[nH]n(-c2ccccc2)c1=O)[C@@H]1C=CC(OC(=O)c2cccc([N+](=O)[O-])c2)=CC1. The normalized spacial score (nSPS) is 14.4. The molecule has 0 amide bonds. The summed E-state index contributed by atoms with van der Waals surface area (Å²) in [5.74, 6) is -1.46. The molecular weight excluding hydrogens is 574 g/mol. The quantitative estimate of drug-likeness (QED) is 0.134. The number of esters is 1. The average Bonchev–Trinajstić information content (AvgIpc) is 3.52. The summed E-state index contributed by atoms with van der Waals surface area (Å²) in [5.41, 5.74) is 2.79. The zero-order valence-corrected chi connectivity index (χ0v) is 24.5. The summed E-state index contributed by atoms with van der Waals surface area (Å²) >= 11 is 0. The molecule has 0 aliphatic heterocycles. The molecule has 226 valence electrons. The average molecular weight is 604 g/mol. The number of aromatic amines is 2. The number of aryl methyl sites for hydroxylation is 2. The van der Waals surface area contributed by atoms with Crippen molar-refractivity contribution in [2.75, 3.05) is 0 Å². The summed E-state index contributed by atoms with van der Waals surface area (Å²) in [5, 5.41) is 17.5. The largest absolute Gasteiger partial charge is 0.423 e. The molecule has 1 aliphatic carbocycles. The van der Waals surface area contributed by atoms with E-state index < -0.39 is 16.8 Å². The summed E-state index contributed by atoms with van der Waals surface area (Å²) in [7, 11) is 0. The molecule has 45 heavy (non-hydrogen) atoms. The molecule has 0 saturated carbocycles. The van der Waals surface area contributed by atoms with E-state index in [0.717, 1.165) is 6.07 Å². The van der Waals surface area contributed by atoms with Gasteiger partial charge in [0.2, 0.25) is 0 Å². The van der Waals surface area contributed by atoms with E-state index in [4.69, 9.17) is 4.74 Å². The number of nitrogens with zero attached hydrogens (tertiary/aromatic N) is 3. The van der Waals surface area contributed by atoms with E-state index in [0.29, 0.717) is 40.3 Å². The smallest absolute Gasteiger partial charge is 0.343 e. The second-order valence-corrected chi connectivity index (χ2v) is 10.8. The van der Waals surface area contributed by atoms with Crippen LogP contribution in [0.4, 0.5) is 5.69 Å². The Morgan fingerprint density at radius 2 is 1.42 bits per heavy atom. The zero-order valence-electron chi connectivity index (χ0n) is 24.5. The van der Waals surface area contributed by atoms with Gasteiger partial charge in [-0.25, -0.2) is 14.2 Å². The maximum Gasteiger partial charge on any atom is 0.343 e. The van der Waals surface area contributed by atoms with Crippen molar-refractivity contribution in [2.45, 2.75) is 26.2 Å². The van der Waals surface area contributed by atoms with Crippen LogP contribution < -0.4 is 11.1 Å². The topological polar surface area (TPSA) is 145 Å². The molecule has 0 unspecified atom stereocenters. The van der Waals surface area contributed by atoms with E-state index in [1.165, 1.54) is 27.6 Å². The van der Waals surface area contributed by atoms with Crippen molar-refractivity contribution >= 4 is 11.7 Å². The third-order valence-electron chi connectivity index (χ3n) is 7.92. The van der Waals surface area contributed by atoms with Crippen LogP contribution in [0, 0.1) is 29.9 Å². The molecule has 11 heteroatoms. The van der Waals surface area contributed by atoms with E-state index in [9.17, 15) is 24.5 Å². The highest BCUT2D eigenvalue weighted by Gasteiger charge is 2.35. The number of hydrogen-bond donors (Lipinski definition) is 2. The highest BCUT2D eigenvalue weighted by atomic mass is 16.6. The van der Waals surface area contributed by atoms with Gasteiger partial charge in [0.25, 0.3) is 16.8 Å². The molecule has 0 spiro atoms. The van der Waals surface area contributed by atoms with Gasteiger partial charge in [-0.1, -0.05) is 48.5 Å². The number of non-ortho nitro benzene ring substituents is 1. The standard InChI is InChI=1S/C34H29N5O6/c1-21-29(32(40)37(35-21)25-11-5-3-6-12-25)31(30-22(2)36-38(33(30)41)26-13-7-4-8-14-26)23-16-18-28(19-17-23)45-34(42)24-10-9-15-27(20-24)39(43)44/h3-16,18-20,23,31,35-36H,17H2,1-2H3/t23-/m1/s1. The molecule has 0 fully saturated rings. The predicted molar refractivity (Wildman–Crippen MR) is 168 cm³/mol. The third kappa shape index (κ3) is 5.58. The van der Waals surface area contributed by atoms with Gasteiger partial charge in [-0.3, -0.25) is 29.9 Å². The van der Waals surface area contributed by atoms with Gasteiger partial charge in [0.05, 0.1) is 21.9 Å². The minimum atomic E-state index is -0.732. The molecule has 2 N–H and O–H groups in total. The lowest BCUT2D eigenvalue weighted by atomic mass is 9.77. The monoisotopic (exact) mass is 603 g/mol. The van der Waals surface area contributed by atoms with Gasteiger partial charge >= 0.3 is 5.97 Å². The van der Waals surface area contributed by atoms with Crippen LogP contribution >= 0.6 is 0 Å². The highest BCUT2D eigenvalue weighted by molar-refractivity contribution is 5.91. The fourth-order valence-corrected chi connectivity index (χ4v) is 5.79. The van der Waals surface area contributed by atoms with Gasteiger partial charge in [0.1, 0.15) is 5.76 Å². The Bertz CT molecular complexity index is 1980. The lowest BCUT2D eigenvalue weighted by Gasteiger charge is -2.25. The maximum atomic E-state index is 14.0. The van der Waals surface area contributed by atoms with Gasteiger partial charge in [-0.15, -0.1) is 0 Å². The number of benzene rings is 3. The summed E-state index contributed by atoms with van der Waals surface area (Å²) in [6, 6.07) is 23.7.